The van der Waals surface area contributed by atoms with Crippen molar-refractivity contribution in [2.24, 2.45) is 11.7 Å². The average molecular weight is 245 g/mol. The highest BCUT2D eigenvalue weighted by Gasteiger charge is 2.15. The average Bonchev–Trinajstić information content (AvgIpc) is 2.38. The summed E-state index contributed by atoms with van der Waals surface area (Å²) in [6.45, 7) is -0.513. The van der Waals surface area contributed by atoms with E-state index in [1.165, 1.54) is 0 Å². The van der Waals surface area contributed by atoms with Crippen molar-refractivity contribution >= 4 is 16.7 Å². The Balaban J connectivity index is 2.22. The molecule has 2 rings (SSSR count). The van der Waals surface area contributed by atoms with Gasteiger partial charge in [-0.25, -0.2) is 0 Å². The third-order valence-corrected chi connectivity index (χ3v) is 3.16. The molecule has 0 heterocycles. The number of carbonyl (C=O) groups excluding carboxylic acids is 1. The molecule has 1 unspecified atom stereocenters. The first-order valence-corrected chi connectivity index (χ1v) is 6.03. The maximum absolute atomic E-state index is 12.4. The van der Waals surface area contributed by atoms with Gasteiger partial charge in [0, 0.05) is 5.92 Å². The van der Waals surface area contributed by atoms with Crippen molar-refractivity contribution in [1.29, 1.82) is 0 Å². The summed E-state index contributed by atoms with van der Waals surface area (Å²) in [5.74, 6) is -0.850. The summed E-state index contributed by atoms with van der Waals surface area (Å²) in [6.07, 6.45) is 0.701. The summed E-state index contributed by atoms with van der Waals surface area (Å²) in [4.78, 5) is 11.2. The first kappa shape index (κ1) is 12.6. The lowest BCUT2D eigenvalue weighted by atomic mass is 9.94. The van der Waals surface area contributed by atoms with Crippen LogP contribution in [-0.2, 0) is 11.2 Å². The molecule has 0 spiro atoms. The molecule has 0 radical (unpaired) electrons. The van der Waals surface area contributed by atoms with E-state index in [1.807, 2.05) is 42.5 Å². The fraction of sp³-hybridized carbons (Fsp3) is 0.267. The van der Waals surface area contributed by atoms with E-state index in [1.54, 1.807) is 0 Å². The molecule has 2 aromatic rings. The molecular weight excluding hydrogens is 229 g/mol. The second-order valence-corrected chi connectivity index (χ2v) is 4.46. The van der Waals surface area contributed by atoms with Crippen LogP contribution >= 0.6 is 0 Å². The molecule has 0 saturated heterocycles. The van der Waals surface area contributed by atoms with Crippen LogP contribution in [0.5, 0.6) is 0 Å². The molecular formula is C15H16FNO. The van der Waals surface area contributed by atoms with Gasteiger partial charge in [0.05, 0.1) is 6.67 Å². The van der Waals surface area contributed by atoms with Crippen LogP contribution in [-0.4, -0.2) is 12.6 Å². The normalized spacial score (nSPS) is 12.5. The van der Waals surface area contributed by atoms with Crippen molar-refractivity contribution in [3.05, 3.63) is 48.0 Å². The molecule has 2 N–H and O–H groups in total. The molecule has 0 aliphatic rings. The third kappa shape index (κ3) is 2.86. The fourth-order valence-electron chi connectivity index (χ4n) is 2.13. The highest BCUT2D eigenvalue weighted by molar-refractivity contribution is 5.83. The lowest BCUT2D eigenvalue weighted by Crippen LogP contribution is -2.25. The number of fused-ring (bicyclic) bond motifs is 1. The highest BCUT2D eigenvalue weighted by Crippen LogP contribution is 2.19. The first-order chi connectivity index (χ1) is 8.70. The summed E-state index contributed by atoms with van der Waals surface area (Å²) in [6, 6.07) is 14.0. The molecule has 0 aliphatic heterocycles. The molecule has 0 bridgehead atoms. The van der Waals surface area contributed by atoms with E-state index in [0.717, 1.165) is 16.3 Å². The lowest BCUT2D eigenvalue weighted by molar-refractivity contribution is -0.122. The van der Waals surface area contributed by atoms with Crippen LogP contribution in [0.3, 0.4) is 0 Å². The summed E-state index contributed by atoms with van der Waals surface area (Å²) >= 11 is 0. The zero-order valence-electron chi connectivity index (χ0n) is 10.1. The van der Waals surface area contributed by atoms with Crippen LogP contribution in [0.4, 0.5) is 4.39 Å². The van der Waals surface area contributed by atoms with Gasteiger partial charge in [0.25, 0.3) is 0 Å². The van der Waals surface area contributed by atoms with Gasteiger partial charge in [-0.3, -0.25) is 9.18 Å². The number of hydrogen-bond donors (Lipinski definition) is 1. The van der Waals surface area contributed by atoms with Crippen LogP contribution in [0.1, 0.15) is 12.0 Å². The van der Waals surface area contributed by atoms with E-state index >= 15 is 0 Å². The number of nitrogens with two attached hydrogens (primary N) is 1. The number of halogens is 1. The summed E-state index contributed by atoms with van der Waals surface area (Å²) in [5, 5.41) is 2.28. The van der Waals surface area contributed by atoms with E-state index in [4.69, 9.17) is 5.73 Å². The SMILES string of the molecule is NC(=O)C(CCF)Cc1ccc2ccccc2c1. The minimum atomic E-state index is -0.513. The van der Waals surface area contributed by atoms with Crippen LogP contribution in [0.15, 0.2) is 42.5 Å². The Kier molecular flexibility index (Phi) is 3.92. The predicted molar refractivity (Wildman–Crippen MR) is 70.9 cm³/mol. The molecule has 1 atom stereocenters. The topological polar surface area (TPSA) is 43.1 Å². The molecule has 3 heteroatoms. The first-order valence-electron chi connectivity index (χ1n) is 6.03. The van der Waals surface area contributed by atoms with Gasteiger partial charge < -0.3 is 5.73 Å². The summed E-state index contributed by atoms with van der Waals surface area (Å²) in [7, 11) is 0. The molecule has 1 amide bonds. The Morgan fingerprint density at radius 2 is 1.89 bits per heavy atom. The molecule has 2 aromatic carbocycles. The van der Waals surface area contributed by atoms with E-state index < -0.39 is 18.5 Å². The largest absolute Gasteiger partial charge is 0.369 e. The zero-order valence-corrected chi connectivity index (χ0v) is 10.1. The molecule has 18 heavy (non-hydrogen) atoms. The van der Waals surface area contributed by atoms with Crippen LogP contribution < -0.4 is 5.73 Å². The minimum absolute atomic E-state index is 0.197. The Labute approximate surface area is 106 Å². The Morgan fingerprint density at radius 1 is 1.17 bits per heavy atom. The molecule has 2 nitrogen and oxygen atoms in total. The van der Waals surface area contributed by atoms with Gasteiger partial charge in [-0.15, -0.1) is 0 Å². The maximum atomic E-state index is 12.4. The number of carbonyl (C=O) groups is 1. The fourth-order valence-corrected chi connectivity index (χ4v) is 2.13. The lowest BCUT2D eigenvalue weighted by Gasteiger charge is -2.11. The van der Waals surface area contributed by atoms with Gasteiger partial charge in [0.15, 0.2) is 0 Å². The summed E-state index contributed by atoms with van der Waals surface area (Å²) < 4.78 is 12.4. The maximum Gasteiger partial charge on any atom is 0.220 e. The van der Waals surface area contributed by atoms with Crippen molar-refractivity contribution < 1.29 is 9.18 Å². The molecule has 0 aromatic heterocycles. The second-order valence-electron chi connectivity index (χ2n) is 4.46. The monoisotopic (exact) mass is 245 g/mol. The number of rotatable bonds is 5. The predicted octanol–water partition coefficient (Wildman–Crippen LogP) is 2.84. The van der Waals surface area contributed by atoms with Crippen molar-refractivity contribution in [1.82, 2.24) is 0 Å². The Hall–Kier alpha value is -1.90. The van der Waals surface area contributed by atoms with E-state index in [9.17, 15) is 9.18 Å². The van der Waals surface area contributed by atoms with Gasteiger partial charge in [-0.2, -0.15) is 0 Å². The van der Waals surface area contributed by atoms with Crippen molar-refractivity contribution in [3.8, 4) is 0 Å². The number of hydrogen-bond acceptors (Lipinski definition) is 1. The van der Waals surface area contributed by atoms with E-state index in [-0.39, 0.29) is 6.42 Å². The molecule has 0 fully saturated rings. The third-order valence-electron chi connectivity index (χ3n) is 3.16. The quantitative estimate of drug-likeness (QED) is 0.864. The Bertz CT molecular complexity index is 553. The summed E-state index contributed by atoms with van der Waals surface area (Å²) in [5.41, 5.74) is 6.30. The zero-order chi connectivity index (χ0) is 13.0. The van der Waals surface area contributed by atoms with Crippen LogP contribution in [0, 0.1) is 5.92 Å². The minimum Gasteiger partial charge on any atom is -0.369 e. The van der Waals surface area contributed by atoms with Crippen LogP contribution in [0.25, 0.3) is 10.8 Å². The van der Waals surface area contributed by atoms with Crippen LogP contribution in [0.2, 0.25) is 0 Å². The van der Waals surface area contributed by atoms with Crippen molar-refractivity contribution in [3.63, 3.8) is 0 Å². The number of alkyl halides is 1. The Morgan fingerprint density at radius 3 is 2.56 bits per heavy atom. The van der Waals surface area contributed by atoms with Gasteiger partial charge >= 0.3 is 0 Å². The number of primary amides is 1. The number of amides is 1. The number of benzene rings is 2. The van der Waals surface area contributed by atoms with Gasteiger partial charge in [-0.05, 0) is 29.2 Å². The molecule has 94 valence electrons. The second kappa shape index (κ2) is 5.63. The van der Waals surface area contributed by atoms with E-state index in [0.29, 0.717) is 6.42 Å². The van der Waals surface area contributed by atoms with Crippen molar-refractivity contribution in [2.45, 2.75) is 12.8 Å². The van der Waals surface area contributed by atoms with Gasteiger partial charge in [0.2, 0.25) is 5.91 Å². The standard InChI is InChI=1S/C15H16FNO/c16-8-7-14(15(17)18)10-11-5-6-12-3-1-2-4-13(12)9-11/h1-6,9,14H,7-8,10H2,(H2,17,18). The van der Waals surface area contributed by atoms with Gasteiger partial charge in [0.1, 0.15) is 0 Å². The molecule has 0 aliphatic carbocycles. The highest BCUT2D eigenvalue weighted by atomic mass is 19.1. The van der Waals surface area contributed by atoms with E-state index in [2.05, 4.69) is 0 Å². The molecule has 0 saturated carbocycles. The van der Waals surface area contributed by atoms with Gasteiger partial charge in [-0.1, -0.05) is 42.5 Å². The smallest absolute Gasteiger partial charge is 0.220 e. The van der Waals surface area contributed by atoms with Crippen molar-refractivity contribution in [2.75, 3.05) is 6.67 Å².